The average molecular weight is 279 g/mol. The molecule has 2 aromatic rings. The van der Waals surface area contributed by atoms with Crippen LogP contribution < -0.4 is 5.73 Å². The van der Waals surface area contributed by atoms with Crippen LogP contribution in [0.5, 0.6) is 0 Å². The molecular weight excluding hydrogens is 264 g/mol. The largest absolute Gasteiger partial charge is 0.330 e. The molecule has 0 spiro atoms. The summed E-state index contributed by atoms with van der Waals surface area (Å²) >= 11 is 1.24. The molecule has 1 nitrogen and oxygen atoms in total. The minimum absolute atomic E-state index is 0.301. The summed E-state index contributed by atoms with van der Waals surface area (Å²) in [4.78, 5) is 1.22. The van der Waals surface area contributed by atoms with Gasteiger partial charge in [0, 0.05) is 4.90 Å². The summed E-state index contributed by atoms with van der Waals surface area (Å²) in [6.45, 7) is 2.56. The molecule has 0 amide bonds. The molecule has 4 heteroatoms. The number of hydrogen-bond acceptors (Lipinski definition) is 2. The lowest BCUT2D eigenvalue weighted by Gasteiger charge is -2.08. The van der Waals surface area contributed by atoms with Crippen LogP contribution in [0.2, 0.25) is 0 Å². The zero-order valence-corrected chi connectivity index (χ0v) is 11.4. The van der Waals surface area contributed by atoms with Crippen LogP contribution in [0.25, 0.3) is 0 Å². The van der Waals surface area contributed by atoms with Gasteiger partial charge in [0.2, 0.25) is 0 Å². The Balaban J connectivity index is 2.25. The fourth-order valence-corrected chi connectivity index (χ4v) is 2.75. The van der Waals surface area contributed by atoms with Gasteiger partial charge in [-0.1, -0.05) is 23.9 Å². The van der Waals surface area contributed by atoms with Crippen LogP contribution in [0.3, 0.4) is 0 Å². The minimum Gasteiger partial charge on any atom is -0.330 e. The number of nitrogens with two attached hydrogens (primary N) is 1. The third-order valence-corrected chi connectivity index (χ3v) is 4.00. The number of halogens is 2. The van der Waals surface area contributed by atoms with Crippen molar-refractivity contribution in [2.45, 2.75) is 23.1 Å². The van der Waals surface area contributed by atoms with E-state index in [0.717, 1.165) is 34.6 Å². The second-order valence-corrected chi connectivity index (χ2v) is 5.40. The maximum atomic E-state index is 13.6. The highest BCUT2D eigenvalue weighted by molar-refractivity contribution is 7.99. The van der Waals surface area contributed by atoms with Gasteiger partial charge in [0.1, 0.15) is 11.6 Å². The molecule has 2 N–H and O–H groups in total. The molecule has 19 heavy (non-hydrogen) atoms. The fourth-order valence-electron chi connectivity index (χ4n) is 1.82. The van der Waals surface area contributed by atoms with E-state index >= 15 is 0 Å². The van der Waals surface area contributed by atoms with E-state index in [1.54, 1.807) is 0 Å². The fraction of sp³-hybridized carbons (Fsp3) is 0.200. The monoisotopic (exact) mass is 279 g/mol. The summed E-state index contributed by atoms with van der Waals surface area (Å²) < 4.78 is 26.7. The van der Waals surface area contributed by atoms with Crippen LogP contribution in [0.1, 0.15) is 11.1 Å². The molecule has 0 aliphatic carbocycles. The molecular formula is C15H15F2NS. The van der Waals surface area contributed by atoms with Crippen molar-refractivity contribution < 1.29 is 8.78 Å². The molecule has 0 atom stereocenters. The van der Waals surface area contributed by atoms with E-state index in [1.165, 1.54) is 17.8 Å². The molecule has 0 saturated carbocycles. The molecule has 0 radical (unpaired) electrons. The molecule has 2 rings (SSSR count). The lowest BCUT2D eigenvalue weighted by atomic mass is 10.1. The van der Waals surface area contributed by atoms with E-state index in [2.05, 4.69) is 0 Å². The molecule has 0 saturated heterocycles. The van der Waals surface area contributed by atoms with Gasteiger partial charge >= 0.3 is 0 Å². The Bertz CT molecular complexity index is 584. The van der Waals surface area contributed by atoms with Gasteiger partial charge in [0.15, 0.2) is 0 Å². The van der Waals surface area contributed by atoms with Crippen LogP contribution >= 0.6 is 11.8 Å². The topological polar surface area (TPSA) is 26.0 Å². The van der Waals surface area contributed by atoms with E-state index in [9.17, 15) is 8.78 Å². The van der Waals surface area contributed by atoms with Gasteiger partial charge in [0.25, 0.3) is 0 Å². The highest BCUT2D eigenvalue weighted by Crippen LogP contribution is 2.32. The first kappa shape index (κ1) is 14.0. The molecule has 0 fully saturated rings. The standard InChI is InChI=1S/C15H15F2NS/c1-10-8-11(6-7-18)2-5-14(10)19-15-9-12(16)3-4-13(15)17/h2-5,8-9H,6-7,18H2,1H3. The molecule has 0 aliphatic rings. The number of aryl methyl sites for hydroxylation is 1. The zero-order chi connectivity index (χ0) is 13.8. The van der Waals surface area contributed by atoms with Crippen LogP contribution in [0, 0.1) is 18.6 Å². The second kappa shape index (κ2) is 6.17. The molecule has 2 aromatic carbocycles. The first-order valence-electron chi connectivity index (χ1n) is 6.02. The van der Waals surface area contributed by atoms with E-state index in [0.29, 0.717) is 11.4 Å². The highest BCUT2D eigenvalue weighted by Gasteiger charge is 2.08. The quantitative estimate of drug-likeness (QED) is 0.917. The van der Waals surface area contributed by atoms with Crippen LogP contribution in [-0.4, -0.2) is 6.54 Å². The highest BCUT2D eigenvalue weighted by atomic mass is 32.2. The van der Waals surface area contributed by atoms with Gasteiger partial charge in [-0.05, 0) is 55.3 Å². The Morgan fingerprint density at radius 2 is 1.84 bits per heavy atom. The first-order chi connectivity index (χ1) is 9.10. The minimum atomic E-state index is -0.429. The summed E-state index contributed by atoms with van der Waals surface area (Å²) in [5, 5.41) is 0. The maximum absolute atomic E-state index is 13.6. The molecule has 0 aromatic heterocycles. The van der Waals surface area contributed by atoms with Crippen molar-refractivity contribution in [2.24, 2.45) is 5.73 Å². The van der Waals surface area contributed by atoms with Gasteiger partial charge in [-0.15, -0.1) is 0 Å². The summed E-state index contributed by atoms with van der Waals surface area (Å²) in [5.41, 5.74) is 7.71. The Hall–Kier alpha value is -1.39. The first-order valence-corrected chi connectivity index (χ1v) is 6.84. The SMILES string of the molecule is Cc1cc(CCN)ccc1Sc1cc(F)ccc1F. The molecule has 0 unspecified atom stereocenters. The van der Waals surface area contributed by atoms with Crippen molar-refractivity contribution >= 4 is 11.8 Å². The third kappa shape index (κ3) is 3.55. The van der Waals surface area contributed by atoms with Gasteiger partial charge < -0.3 is 5.73 Å². The van der Waals surface area contributed by atoms with Crippen molar-refractivity contribution in [1.29, 1.82) is 0 Å². The third-order valence-electron chi connectivity index (χ3n) is 2.79. The average Bonchev–Trinajstić information content (AvgIpc) is 2.37. The normalized spacial score (nSPS) is 10.7. The Labute approximate surface area is 115 Å². The van der Waals surface area contributed by atoms with Crippen LogP contribution in [0.15, 0.2) is 46.2 Å². The van der Waals surface area contributed by atoms with E-state index in [1.807, 2.05) is 25.1 Å². The maximum Gasteiger partial charge on any atom is 0.137 e. The summed E-state index contributed by atoms with van der Waals surface area (Å²) in [5.74, 6) is -0.835. The lowest BCUT2D eigenvalue weighted by molar-refractivity contribution is 0.577. The van der Waals surface area contributed by atoms with Gasteiger partial charge in [0.05, 0.1) is 4.90 Å². The van der Waals surface area contributed by atoms with E-state index in [4.69, 9.17) is 5.73 Å². The van der Waals surface area contributed by atoms with Crippen molar-refractivity contribution in [3.05, 3.63) is 59.2 Å². The van der Waals surface area contributed by atoms with Crippen molar-refractivity contribution in [3.8, 4) is 0 Å². The van der Waals surface area contributed by atoms with Crippen LogP contribution in [0.4, 0.5) is 8.78 Å². The Morgan fingerprint density at radius 3 is 2.53 bits per heavy atom. The molecule has 0 bridgehead atoms. The van der Waals surface area contributed by atoms with Gasteiger partial charge in [-0.25, -0.2) is 8.78 Å². The zero-order valence-electron chi connectivity index (χ0n) is 10.6. The molecule has 0 heterocycles. The van der Waals surface area contributed by atoms with Gasteiger partial charge in [-0.3, -0.25) is 0 Å². The molecule has 0 aliphatic heterocycles. The molecule has 100 valence electrons. The number of benzene rings is 2. The predicted molar refractivity (Wildman–Crippen MR) is 74.4 cm³/mol. The number of hydrogen-bond donors (Lipinski definition) is 1. The van der Waals surface area contributed by atoms with Crippen molar-refractivity contribution in [1.82, 2.24) is 0 Å². The van der Waals surface area contributed by atoms with E-state index < -0.39 is 11.6 Å². The van der Waals surface area contributed by atoms with Crippen molar-refractivity contribution in [2.75, 3.05) is 6.54 Å². The summed E-state index contributed by atoms with van der Waals surface area (Å²) in [6.07, 6.45) is 0.820. The Kier molecular flexibility index (Phi) is 4.56. The summed E-state index contributed by atoms with van der Waals surface area (Å²) in [6, 6.07) is 9.42. The Morgan fingerprint density at radius 1 is 1.05 bits per heavy atom. The predicted octanol–water partition coefficient (Wildman–Crippen LogP) is 3.93. The smallest absolute Gasteiger partial charge is 0.137 e. The number of rotatable bonds is 4. The lowest BCUT2D eigenvalue weighted by Crippen LogP contribution is -2.02. The second-order valence-electron chi connectivity index (χ2n) is 4.32. The van der Waals surface area contributed by atoms with Gasteiger partial charge in [-0.2, -0.15) is 0 Å². The van der Waals surface area contributed by atoms with Crippen molar-refractivity contribution in [3.63, 3.8) is 0 Å². The van der Waals surface area contributed by atoms with Crippen LogP contribution in [-0.2, 0) is 6.42 Å². The summed E-state index contributed by atoms with van der Waals surface area (Å²) in [7, 11) is 0. The van der Waals surface area contributed by atoms with E-state index in [-0.39, 0.29) is 0 Å².